The van der Waals surface area contributed by atoms with E-state index in [9.17, 15) is 0 Å². The van der Waals surface area contributed by atoms with Gasteiger partial charge >= 0.3 is 16.5 Å². The van der Waals surface area contributed by atoms with Gasteiger partial charge in [-0.1, -0.05) is 0 Å². The topological polar surface area (TPSA) is 70.7 Å². The Kier molecular flexibility index (Phi) is 12.3. The maximum absolute atomic E-state index is 4.95. The summed E-state index contributed by atoms with van der Waals surface area (Å²) in [5.41, 5.74) is 1.19. The smallest absolute Gasteiger partial charge is 0.741 e. The Labute approximate surface area is 128 Å². The predicted molar refractivity (Wildman–Crippen MR) is 76.5 cm³/mol. The Bertz CT molecular complexity index is 368. The minimum atomic E-state index is 0. The van der Waals surface area contributed by atoms with Crippen molar-refractivity contribution in [3.05, 3.63) is 0 Å². The number of rotatable bonds is 4. The Morgan fingerprint density at radius 2 is 1.56 bits per heavy atom. The van der Waals surface area contributed by atoms with E-state index in [1.807, 2.05) is 6.92 Å². The molecule has 0 saturated carbocycles. The first-order valence-corrected chi connectivity index (χ1v) is 5.72. The summed E-state index contributed by atoms with van der Waals surface area (Å²) in [7, 11) is 1.67. The first kappa shape index (κ1) is 19.6. The number of nitrogens with one attached hydrogen (secondary N) is 1. The van der Waals surface area contributed by atoms with Crippen LogP contribution in [0.25, 0.3) is 0 Å². The van der Waals surface area contributed by atoms with Gasteiger partial charge in [0, 0.05) is 7.05 Å². The molecule has 0 aromatic rings. The zero-order chi connectivity index (χ0) is 13.3. The van der Waals surface area contributed by atoms with Crippen molar-refractivity contribution in [3.8, 4) is 0 Å². The Morgan fingerprint density at radius 3 is 2.00 bits per heavy atom. The van der Waals surface area contributed by atoms with Gasteiger partial charge in [-0.15, -0.1) is 5.10 Å². The third-order valence-electron chi connectivity index (χ3n) is 1.58. The van der Waals surface area contributed by atoms with E-state index in [-0.39, 0.29) is 21.7 Å². The summed E-state index contributed by atoms with van der Waals surface area (Å²) in [4.78, 5) is 0. The van der Waals surface area contributed by atoms with Crippen LogP contribution < -0.4 is 5.32 Å². The van der Waals surface area contributed by atoms with E-state index < -0.39 is 0 Å². The Hall–Kier alpha value is -0.786. The van der Waals surface area contributed by atoms with Crippen LogP contribution >= 0.6 is 0 Å². The van der Waals surface area contributed by atoms with Crippen molar-refractivity contribution in [3.63, 3.8) is 0 Å². The molecule has 1 N–H and O–H groups in total. The van der Waals surface area contributed by atoms with Crippen molar-refractivity contribution in [2.75, 3.05) is 13.7 Å². The summed E-state index contributed by atoms with van der Waals surface area (Å²) in [5.74, 6) is 0. The molecule has 0 aliphatic heterocycles. The van der Waals surface area contributed by atoms with Crippen LogP contribution in [0.3, 0.4) is 0 Å². The van der Waals surface area contributed by atoms with E-state index in [1.54, 1.807) is 20.9 Å². The molecule has 18 heavy (non-hydrogen) atoms. The molecule has 0 atom stereocenters. The van der Waals surface area contributed by atoms with E-state index in [0.29, 0.717) is 23.2 Å². The molecule has 0 aromatic carbocycles. The molecule has 0 aliphatic rings. The summed E-state index contributed by atoms with van der Waals surface area (Å²) in [6, 6.07) is 0. The Morgan fingerprint density at radius 1 is 1.06 bits per heavy atom. The molecule has 0 aromatic heterocycles. The normalized spacial score (nSPS) is 14.0. The van der Waals surface area contributed by atoms with Gasteiger partial charge in [-0.25, -0.2) is 0 Å². The van der Waals surface area contributed by atoms with Gasteiger partial charge in [0.1, 0.15) is 0 Å². The standard InChI is InChI=1S/C9H17N5OS2.Ni/c1-5-15-9(17)14-12-7(3)6(2)11-13-8(16)10-4;/h5H2,1-4H3,(H,14,17)(H2,10,13,16);/q;+2/p-2. The summed E-state index contributed by atoms with van der Waals surface area (Å²) in [6.45, 7) is 5.78. The fourth-order valence-electron chi connectivity index (χ4n) is 0.583. The van der Waals surface area contributed by atoms with E-state index in [2.05, 4.69) is 25.7 Å². The van der Waals surface area contributed by atoms with E-state index in [1.165, 1.54) is 0 Å². The molecule has 0 spiro atoms. The summed E-state index contributed by atoms with van der Waals surface area (Å²) >= 11 is 9.60. The molecular formula is C9H15N5NiOS2. The van der Waals surface area contributed by atoms with Gasteiger partial charge in [-0.2, -0.15) is 15.3 Å². The van der Waals surface area contributed by atoms with Crippen molar-refractivity contribution in [1.29, 1.82) is 0 Å². The molecule has 0 fully saturated rings. The molecule has 0 radical (unpaired) electrons. The number of amidine groups is 1. The van der Waals surface area contributed by atoms with E-state index >= 15 is 0 Å². The molecule has 0 aliphatic carbocycles. The van der Waals surface area contributed by atoms with Crippen molar-refractivity contribution in [2.24, 2.45) is 20.4 Å². The molecule has 0 heterocycles. The van der Waals surface area contributed by atoms with Gasteiger partial charge in [0.2, 0.25) is 0 Å². The number of ether oxygens (including phenoxy) is 1. The van der Waals surface area contributed by atoms with Crippen molar-refractivity contribution >= 4 is 47.1 Å². The first-order chi connectivity index (χ1) is 8.01. The van der Waals surface area contributed by atoms with Crippen LogP contribution in [-0.2, 0) is 46.5 Å². The maximum Gasteiger partial charge on any atom is 2.00 e. The first-order valence-electron chi connectivity index (χ1n) is 4.90. The molecule has 0 bridgehead atoms. The fourth-order valence-corrected chi connectivity index (χ4v) is 0.783. The molecule has 0 saturated heterocycles. The summed E-state index contributed by atoms with van der Waals surface area (Å²) in [5, 5.41) is 18.3. The van der Waals surface area contributed by atoms with Crippen LogP contribution in [0.5, 0.6) is 0 Å². The molecule has 0 amide bonds. The zero-order valence-electron chi connectivity index (χ0n) is 10.5. The van der Waals surface area contributed by atoms with Crippen LogP contribution in [-0.4, -0.2) is 35.5 Å². The second-order valence-corrected chi connectivity index (χ2v) is 3.56. The van der Waals surface area contributed by atoms with Crippen molar-refractivity contribution in [2.45, 2.75) is 20.8 Å². The third kappa shape index (κ3) is 9.26. The van der Waals surface area contributed by atoms with Crippen molar-refractivity contribution < 1.29 is 21.2 Å². The number of hydrogen-bond donors (Lipinski definition) is 1. The van der Waals surface area contributed by atoms with Gasteiger partial charge in [-0.05, 0) is 25.9 Å². The van der Waals surface area contributed by atoms with Gasteiger partial charge < -0.3 is 35.3 Å². The second kappa shape index (κ2) is 11.3. The predicted octanol–water partition coefficient (Wildman–Crippen LogP) is 0.797. The third-order valence-corrected chi connectivity index (χ3v) is 2.06. The number of hydrogen-bond acceptors (Lipinski definition) is 7. The molecule has 0 unspecified atom stereocenters. The van der Waals surface area contributed by atoms with Crippen LogP contribution in [0.2, 0.25) is 0 Å². The summed E-state index contributed by atoms with van der Waals surface area (Å²) in [6.07, 6.45) is 0. The van der Waals surface area contributed by atoms with Crippen LogP contribution in [0.1, 0.15) is 20.8 Å². The van der Waals surface area contributed by atoms with Gasteiger partial charge in [-0.3, -0.25) is 0 Å². The minimum Gasteiger partial charge on any atom is -0.741 e. The van der Waals surface area contributed by atoms with E-state index in [0.717, 1.165) is 0 Å². The average molecular weight is 332 g/mol. The molecule has 104 valence electrons. The van der Waals surface area contributed by atoms with Crippen LogP contribution in [0, 0.1) is 0 Å². The summed E-state index contributed by atoms with van der Waals surface area (Å²) < 4.78 is 4.95. The van der Waals surface area contributed by atoms with Gasteiger partial charge in [0.25, 0.3) is 0 Å². The monoisotopic (exact) mass is 331 g/mol. The molecule has 0 rings (SSSR count). The maximum atomic E-state index is 4.95. The van der Waals surface area contributed by atoms with Gasteiger partial charge in [0.15, 0.2) is 0 Å². The van der Waals surface area contributed by atoms with E-state index in [4.69, 9.17) is 30.0 Å². The minimum absolute atomic E-state index is 0. The zero-order valence-corrected chi connectivity index (χ0v) is 13.2. The molecular weight excluding hydrogens is 317 g/mol. The van der Waals surface area contributed by atoms with Crippen LogP contribution in [0.4, 0.5) is 0 Å². The fraction of sp³-hybridized carbons (Fsp3) is 0.556. The Balaban J connectivity index is 0. The molecule has 6 nitrogen and oxygen atoms in total. The van der Waals surface area contributed by atoms with Crippen molar-refractivity contribution in [1.82, 2.24) is 5.32 Å². The molecule has 9 heteroatoms. The quantitative estimate of drug-likeness (QED) is 0.272. The van der Waals surface area contributed by atoms with Gasteiger partial charge in [0.05, 0.1) is 23.3 Å². The van der Waals surface area contributed by atoms with Crippen LogP contribution in [0.15, 0.2) is 20.4 Å². The SMILES string of the molecule is CCOC([S-])=NN=C(C)C(C)=NN=C([S-])NC.[Ni+2]. The number of nitrogens with zero attached hydrogens (tertiary/aromatic N) is 4. The average Bonchev–Trinajstić information content (AvgIpc) is 2.32. The second-order valence-electron chi connectivity index (χ2n) is 2.82. The largest absolute Gasteiger partial charge is 2.00 e.